The molecular formula is C15H16N2O3S. The van der Waals surface area contributed by atoms with Gasteiger partial charge < -0.3 is 5.32 Å². The predicted octanol–water partition coefficient (Wildman–Crippen LogP) is 2.75. The zero-order valence-electron chi connectivity index (χ0n) is 11.8. The minimum atomic E-state index is -3.64. The maximum absolute atomic E-state index is 12.3. The van der Waals surface area contributed by atoms with Crippen LogP contribution in [0.15, 0.2) is 53.4 Å². The molecule has 0 bridgehead atoms. The van der Waals surface area contributed by atoms with Gasteiger partial charge >= 0.3 is 0 Å². The molecule has 110 valence electrons. The van der Waals surface area contributed by atoms with E-state index in [1.165, 1.54) is 19.1 Å². The van der Waals surface area contributed by atoms with Gasteiger partial charge in [-0.25, -0.2) is 8.42 Å². The number of benzene rings is 2. The molecule has 0 radical (unpaired) electrons. The molecule has 0 aliphatic heterocycles. The second-order valence-electron chi connectivity index (χ2n) is 4.63. The van der Waals surface area contributed by atoms with Crippen LogP contribution in [-0.4, -0.2) is 14.3 Å². The van der Waals surface area contributed by atoms with Crippen molar-refractivity contribution in [3.8, 4) is 0 Å². The second kappa shape index (κ2) is 5.97. The van der Waals surface area contributed by atoms with Crippen LogP contribution in [0.4, 0.5) is 11.4 Å². The van der Waals surface area contributed by atoms with Crippen molar-refractivity contribution in [2.24, 2.45) is 0 Å². The zero-order chi connectivity index (χ0) is 15.5. The van der Waals surface area contributed by atoms with Gasteiger partial charge in [0.05, 0.1) is 4.90 Å². The van der Waals surface area contributed by atoms with E-state index in [1.807, 2.05) is 6.07 Å². The number of para-hydroxylation sites is 1. The van der Waals surface area contributed by atoms with Crippen LogP contribution in [0.3, 0.4) is 0 Å². The molecule has 0 aliphatic carbocycles. The van der Waals surface area contributed by atoms with Crippen LogP contribution in [0.5, 0.6) is 0 Å². The lowest BCUT2D eigenvalue weighted by molar-refractivity contribution is -0.114. The molecule has 0 aromatic heterocycles. The number of anilines is 2. The molecule has 0 atom stereocenters. The average molecular weight is 304 g/mol. The first-order valence-corrected chi connectivity index (χ1v) is 7.83. The summed E-state index contributed by atoms with van der Waals surface area (Å²) in [6.45, 7) is 3.15. The topological polar surface area (TPSA) is 75.3 Å². The molecule has 0 spiro atoms. The smallest absolute Gasteiger partial charge is 0.261 e. The fraction of sp³-hybridized carbons (Fsp3) is 0.133. The van der Waals surface area contributed by atoms with Crippen LogP contribution in [-0.2, 0) is 14.8 Å². The minimum Gasteiger partial charge on any atom is -0.326 e. The Morgan fingerprint density at radius 2 is 1.71 bits per heavy atom. The van der Waals surface area contributed by atoms with Crippen LogP contribution in [0, 0.1) is 6.92 Å². The van der Waals surface area contributed by atoms with E-state index in [0.717, 1.165) is 0 Å². The molecule has 1 amide bonds. The SMILES string of the molecule is CC(=O)Nc1ccc(S(=O)(=O)Nc2ccccc2)cc1C. The normalized spacial score (nSPS) is 11.0. The van der Waals surface area contributed by atoms with Gasteiger partial charge in [-0.1, -0.05) is 18.2 Å². The minimum absolute atomic E-state index is 0.151. The predicted molar refractivity (Wildman–Crippen MR) is 82.7 cm³/mol. The number of carbonyl (C=O) groups is 1. The summed E-state index contributed by atoms with van der Waals surface area (Å²) in [6, 6.07) is 13.2. The largest absolute Gasteiger partial charge is 0.326 e. The first kappa shape index (κ1) is 15.1. The molecular weight excluding hydrogens is 288 g/mol. The highest BCUT2D eigenvalue weighted by molar-refractivity contribution is 7.92. The molecule has 0 unspecified atom stereocenters. The Hall–Kier alpha value is -2.34. The van der Waals surface area contributed by atoms with E-state index >= 15 is 0 Å². The monoisotopic (exact) mass is 304 g/mol. The highest BCUT2D eigenvalue weighted by atomic mass is 32.2. The van der Waals surface area contributed by atoms with Gasteiger partial charge in [-0.3, -0.25) is 9.52 Å². The van der Waals surface area contributed by atoms with E-state index in [2.05, 4.69) is 10.0 Å². The quantitative estimate of drug-likeness (QED) is 0.912. The average Bonchev–Trinajstić information content (AvgIpc) is 2.41. The van der Waals surface area contributed by atoms with Crippen molar-refractivity contribution in [2.75, 3.05) is 10.0 Å². The van der Waals surface area contributed by atoms with E-state index < -0.39 is 10.0 Å². The number of nitrogens with one attached hydrogen (secondary N) is 2. The van der Waals surface area contributed by atoms with Gasteiger partial charge in [0, 0.05) is 18.3 Å². The number of amides is 1. The molecule has 0 heterocycles. The molecule has 2 N–H and O–H groups in total. The summed E-state index contributed by atoms with van der Waals surface area (Å²) < 4.78 is 27.1. The Balaban J connectivity index is 2.29. The lowest BCUT2D eigenvalue weighted by atomic mass is 10.2. The summed E-state index contributed by atoms with van der Waals surface area (Å²) in [5.74, 6) is -0.198. The fourth-order valence-electron chi connectivity index (χ4n) is 1.85. The zero-order valence-corrected chi connectivity index (χ0v) is 12.6. The molecule has 2 aromatic rings. The summed E-state index contributed by atoms with van der Waals surface area (Å²) in [7, 11) is -3.64. The Morgan fingerprint density at radius 1 is 1.05 bits per heavy atom. The maximum atomic E-state index is 12.3. The van der Waals surface area contributed by atoms with Crippen LogP contribution in [0.2, 0.25) is 0 Å². The highest BCUT2D eigenvalue weighted by Crippen LogP contribution is 2.21. The molecule has 0 saturated heterocycles. The molecule has 0 aliphatic rings. The van der Waals surface area contributed by atoms with Crippen molar-refractivity contribution in [1.82, 2.24) is 0 Å². The van der Waals surface area contributed by atoms with Crippen molar-refractivity contribution in [3.63, 3.8) is 0 Å². The Morgan fingerprint density at radius 3 is 2.29 bits per heavy atom. The second-order valence-corrected chi connectivity index (χ2v) is 6.31. The van der Waals surface area contributed by atoms with Crippen LogP contribution < -0.4 is 10.0 Å². The molecule has 5 nitrogen and oxygen atoms in total. The summed E-state index contributed by atoms with van der Waals surface area (Å²) in [5, 5.41) is 2.65. The standard InChI is InChI=1S/C15H16N2O3S/c1-11-10-14(8-9-15(11)16-12(2)18)21(19,20)17-13-6-4-3-5-7-13/h3-10,17H,1-2H3,(H,16,18). The summed E-state index contributed by atoms with van der Waals surface area (Å²) in [6.07, 6.45) is 0. The third kappa shape index (κ3) is 3.82. The van der Waals surface area contributed by atoms with Gasteiger partial charge in [0.1, 0.15) is 0 Å². The van der Waals surface area contributed by atoms with Crippen molar-refractivity contribution >= 4 is 27.3 Å². The van der Waals surface area contributed by atoms with E-state index in [0.29, 0.717) is 16.9 Å². The lowest BCUT2D eigenvalue weighted by Gasteiger charge is -2.11. The van der Waals surface area contributed by atoms with Gasteiger partial charge in [-0.15, -0.1) is 0 Å². The number of sulfonamides is 1. The Kier molecular flexibility index (Phi) is 4.28. The lowest BCUT2D eigenvalue weighted by Crippen LogP contribution is -2.14. The number of carbonyl (C=O) groups excluding carboxylic acids is 1. The maximum Gasteiger partial charge on any atom is 0.261 e. The van der Waals surface area contributed by atoms with Crippen molar-refractivity contribution < 1.29 is 13.2 Å². The summed E-state index contributed by atoms with van der Waals surface area (Å²) in [5.41, 5.74) is 1.78. The van der Waals surface area contributed by atoms with Gasteiger partial charge in [0.2, 0.25) is 5.91 Å². The van der Waals surface area contributed by atoms with Gasteiger partial charge in [-0.05, 0) is 42.8 Å². The summed E-state index contributed by atoms with van der Waals surface area (Å²) in [4.78, 5) is 11.2. The first-order valence-electron chi connectivity index (χ1n) is 6.34. The molecule has 2 rings (SSSR count). The van der Waals surface area contributed by atoms with Gasteiger partial charge in [0.15, 0.2) is 0 Å². The van der Waals surface area contributed by atoms with Crippen LogP contribution in [0.1, 0.15) is 12.5 Å². The van der Waals surface area contributed by atoms with E-state index in [1.54, 1.807) is 37.3 Å². The van der Waals surface area contributed by atoms with Crippen molar-refractivity contribution in [2.45, 2.75) is 18.7 Å². The molecule has 2 aromatic carbocycles. The Labute approximate surface area is 124 Å². The molecule has 0 saturated carbocycles. The number of hydrogen-bond acceptors (Lipinski definition) is 3. The van der Waals surface area contributed by atoms with Crippen molar-refractivity contribution in [3.05, 3.63) is 54.1 Å². The highest BCUT2D eigenvalue weighted by Gasteiger charge is 2.15. The number of rotatable bonds is 4. The van der Waals surface area contributed by atoms with Gasteiger partial charge in [-0.2, -0.15) is 0 Å². The Bertz CT molecular complexity index is 756. The van der Waals surface area contributed by atoms with Crippen molar-refractivity contribution in [1.29, 1.82) is 0 Å². The van der Waals surface area contributed by atoms with E-state index in [-0.39, 0.29) is 10.8 Å². The fourth-order valence-corrected chi connectivity index (χ4v) is 3.00. The third-order valence-corrected chi connectivity index (χ3v) is 4.22. The van der Waals surface area contributed by atoms with Gasteiger partial charge in [0.25, 0.3) is 10.0 Å². The number of hydrogen-bond donors (Lipinski definition) is 2. The summed E-state index contributed by atoms with van der Waals surface area (Å²) >= 11 is 0. The molecule has 21 heavy (non-hydrogen) atoms. The van der Waals surface area contributed by atoms with E-state index in [4.69, 9.17) is 0 Å². The first-order chi connectivity index (χ1) is 9.88. The third-order valence-electron chi connectivity index (χ3n) is 2.84. The number of aryl methyl sites for hydroxylation is 1. The van der Waals surface area contributed by atoms with E-state index in [9.17, 15) is 13.2 Å². The van der Waals surface area contributed by atoms with Crippen LogP contribution in [0.25, 0.3) is 0 Å². The van der Waals surface area contributed by atoms with Crippen LogP contribution >= 0.6 is 0 Å². The molecule has 0 fully saturated rings. The molecule has 6 heteroatoms.